The fourth-order valence-electron chi connectivity index (χ4n) is 1.70. The van der Waals surface area contributed by atoms with Crippen molar-refractivity contribution in [2.45, 2.75) is 13.2 Å². The molecule has 0 saturated carbocycles. The molecule has 0 amide bonds. The molecular formula is C16H17NO4. The summed E-state index contributed by atoms with van der Waals surface area (Å²) in [4.78, 5) is 11.6. The van der Waals surface area contributed by atoms with Crippen LogP contribution in [0.25, 0.3) is 0 Å². The predicted octanol–water partition coefficient (Wildman–Crippen LogP) is 1.88. The number of carbonyl (C=O) groups is 1. The van der Waals surface area contributed by atoms with E-state index in [-0.39, 0.29) is 19.8 Å². The van der Waals surface area contributed by atoms with Gasteiger partial charge in [0.2, 0.25) is 0 Å². The second-order valence-corrected chi connectivity index (χ2v) is 4.46. The summed E-state index contributed by atoms with van der Waals surface area (Å²) in [6.07, 6.45) is 0. The number of esters is 1. The lowest BCUT2D eigenvalue weighted by molar-refractivity contribution is -0.147. The maximum absolute atomic E-state index is 11.6. The first-order valence-corrected chi connectivity index (χ1v) is 6.50. The molecule has 0 spiro atoms. The minimum atomic E-state index is -0.468. The second kappa shape index (κ2) is 7.31. The van der Waals surface area contributed by atoms with E-state index in [0.717, 1.165) is 11.1 Å². The molecule has 0 aliphatic carbocycles. The van der Waals surface area contributed by atoms with E-state index >= 15 is 0 Å². The van der Waals surface area contributed by atoms with Crippen LogP contribution in [0.2, 0.25) is 0 Å². The number of hydrogen-bond acceptors (Lipinski definition) is 5. The molecule has 0 aromatic heterocycles. The van der Waals surface area contributed by atoms with Crippen molar-refractivity contribution in [2.75, 3.05) is 12.3 Å². The SMILES string of the molecule is Nc1ccccc1OCC(=O)OCc1ccc(CO)cc1. The molecule has 5 heteroatoms. The number of benzene rings is 2. The van der Waals surface area contributed by atoms with Crippen LogP contribution in [-0.2, 0) is 22.7 Å². The zero-order chi connectivity index (χ0) is 15.1. The number of para-hydroxylation sites is 2. The van der Waals surface area contributed by atoms with Crippen LogP contribution >= 0.6 is 0 Å². The van der Waals surface area contributed by atoms with E-state index in [9.17, 15) is 4.79 Å². The van der Waals surface area contributed by atoms with Gasteiger partial charge in [0.25, 0.3) is 0 Å². The Morgan fingerprint density at radius 1 is 1.05 bits per heavy atom. The van der Waals surface area contributed by atoms with E-state index in [1.165, 1.54) is 0 Å². The maximum Gasteiger partial charge on any atom is 0.344 e. The Balaban J connectivity index is 1.78. The van der Waals surface area contributed by atoms with Crippen molar-refractivity contribution < 1.29 is 19.4 Å². The van der Waals surface area contributed by atoms with E-state index in [1.54, 1.807) is 48.5 Å². The van der Waals surface area contributed by atoms with Crippen LogP contribution in [-0.4, -0.2) is 17.7 Å². The van der Waals surface area contributed by atoms with Gasteiger partial charge in [-0.05, 0) is 23.3 Å². The molecule has 2 aromatic rings. The molecule has 0 radical (unpaired) electrons. The van der Waals surface area contributed by atoms with Gasteiger partial charge in [0.05, 0.1) is 12.3 Å². The fraction of sp³-hybridized carbons (Fsp3) is 0.188. The van der Waals surface area contributed by atoms with E-state index in [2.05, 4.69) is 0 Å². The van der Waals surface area contributed by atoms with Gasteiger partial charge in [0.15, 0.2) is 6.61 Å². The Kier molecular flexibility index (Phi) is 5.17. The molecule has 0 bridgehead atoms. The van der Waals surface area contributed by atoms with Crippen LogP contribution in [0.1, 0.15) is 11.1 Å². The van der Waals surface area contributed by atoms with E-state index in [0.29, 0.717) is 11.4 Å². The second-order valence-electron chi connectivity index (χ2n) is 4.46. The molecular weight excluding hydrogens is 270 g/mol. The Labute approximate surface area is 122 Å². The third kappa shape index (κ3) is 4.50. The zero-order valence-electron chi connectivity index (χ0n) is 11.5. The molecule has 0 atom stereocenters. The number of ether oxygens (including phenoxy) is 2. The number of carbonyl (C=O) groups excluding carboxylic acids is 1. The van der Waals surface area contributed by atoms with Crippen LogP contribution in [0, 0.1) is 0 Å². The molecule has 2 rings (SSSR count). The van der Waals surface area contributed by atoms with Crippen molar-refractivity contribution in [1.29, 1.82) is 0 Å². The number of nitrogens with two attached hydrogens (primary N) is 1. The Bertz CT molecular complexity index is 595. The van der Waals surface area contributed by atoms with Crippen LogP contribution in [0.3, 0.4) is 0 Å². The van der Waals surface area contributed by atoms with Crippen LogP contribution in [0.5, 0.6) is 5.75 Å². The monoisotopic (exact) mass is 287 g/mol. The average molecular weight is 287 g/mol. The summed E-state index contributed by atoms with van der Waals surface area (Å²) in [7, 11) is 0. The molecule has 0 aliphatic heterocycles. The molecule has 3 N–H and O–H groups in total. The van der Waals surface area contributed by atoms with Crippen LogP contribution < -0.4 is 10.5 Å². The summed E-state index contributed by atoms with van der Waals surface area (Å²) >= 11 is 0. The lowest BCUT2D eigenvalue weighted by Crippen LogP contribution is -2.15. The van der Waals surface area contributed by atoms with Crippen molar-refractivity contribution in [2.24, 2.45) is 0 Å². The minimum Gasteiger partial charge on any atom is -0.480 e. The number of nitrogen functional groups attached to an aromatic ring is 1. The van der Waals surface area contributed by atoms with Gasteiger partial charge in [0, 0.05) is 0 Å². The number of anilines is 1. The Morgan fingerprint density at radius 2 is 1.71 bits per heavy atom. The molecule has 0 fully saturated rings. The number of aliphatic hydroxyl groups excluding tert-OH is 1. The fourth-order valence-corrected chi connectivity index (χ4v) is 1.70. The first-order valence-electron chi connectivity index (χ1n) is 6.50. The third-order valence-electron chi connectivity index (χ3n) is 2.87. The van der Waals surface area contributed by atoms with Crippen molar-refractivity contribution in [3.8, 4) is 5.75 Å². The molecule has 2 aromatic carbocycles. The minimum absolute atomic E-state index is 0.00753. The van der Waals surface area contributed by atoms with Gasteiger partial charge in [-0.25, -0.2) is 4.79 Å². The number of aliphatic hydroxyl groups is 1. The molecule has 21 heavy (non-hydrogen) atoms. The van der Waals surface area contributed by atoms with Gasteiger partial charge in [-0.3, -0.25) is 0 Å². The first kappa shape index (κ1) is 14.9. The topological polar surface area (TPSA) is 81.8 Å². The van der Waals surface area contributed by atoms with Gasteiger partial charge in [-0.15, -0.1) is 0 Å². The Hall–Kier alpha value is -2.53. The number of hydrogen-bond donors (Lipinski definition) is 2. The summed E-state index contributed by atoms with van der Waals surface area (Å²) in [5.74, 6) is -0.00811. The predicted molar refractivity (Wildman–Crippen MR) is 78.5 cm³/mol. The van der Waals surface area contributed by atoms with Gasteiger partial charge in [0.1, 0.15) is 12.4 Å². The van der Waals surface area contributed by atoms with Crippen molar-refractivity contribution in [1.82, 2.24) is 0 Å². The van der Waals surface area contributed by atoms with Gasteiger partial charge >= 0.3 is 5.97 Å². The quantitative estimate of drug-likeness (QED) is 0.626. The zero-order valence-corrected chi connectivity index (χ0v) is 11.5. The lowest BCUT2D eigenvalue weighted by Gasteiger charge is -2.09. The van der Waals surface area contributed by atoms with Crippen LogP contribution in [0.15, 0.2) is 48.5 Å². The molecule has 110 valence electrons. The number of rotatable bonds is 6. The smallest absolute Gasteiger partial charge is 0.344 e. The summed E-state index contributed by atoms with van der Waals surface area (Å²) in [5.41, 5.74) is 7.84. The van der Waals surface area contributed by atoms with E-state index < -0.39 is 5.97 Å². The third-order valence-corrected chi connectivity index (χ3v) is 2.87. The highest BCUT2D eigenvalue weighted by Gasteiger charge is 2.06. The van der Waals surface area contributed by atoms with Gasteiger partial charge < -0.3 is 20.3 Å². The van der Waals surface area contributed by atoms with Crippen molar-refractivity contribution >= 4 is 11.7 Å². The lowest BCUT2D eigenvalue weighted by atomic mass is 10.1. The molecule has 0 unspecified atom stereocenters. The summed E-state index contributed by atoms with van der Waals surface area (Å²) in [6.45, 7) is -0.0342. The highest BCUT2D eigenvalue weighted by atomic mass is 16.6. The van der Waals surface area contributed by atoms with Gasteiger partial charge in [-0.2, -0.15) is 0 Å². The standard InChI is InChI=1S/C16H17NO4/c17-14-3-1-2-4-15(14)20-11-16(19)21-10-13-7-5-12(9-18)6-8-13/h1-8,18H,9-11,17H2. The molecule has 0 heterocycles. The summed E-state index contributed by atoms with van der Waals surface area (Å²) in [5, 5.41) is 8.94. The normalized spacial score (nSPS) is 10.1. The van der Waals surface area contributed by atoms with Crippen molar-refractivity contribution in [3.05, 3.63) is 59.7 Å². The molecule has 0 aliphatic rings. The first-order chi connectivity index (χ1) is 10.2. The highest BCUT2D eigenvalue weighted by molar-refractivity contribution is 5.71. The van der Waals surface area contributed by atoms with Crippen LogP contribution in [0.4, 0.5) is 5.69 Å². The summed E-state index contributed by atoms with van der Waals surface area (Å²) in [6, 6.07) is 14.1. The molecule has 5 nitrogen and oxygen atoms in total. The highest BCUT2D eigenvalue weighted by Crippen LogP contribution is 2.19. The van der Waals surface area contributed by atoms with Gasteiger partial charge in [-0.1, -0.05) is 36.4 Å². The van der Waals surface area contributed by atoms with E-state index in [4.69, 9.17) is 20.3 Å². The molecule has 0 saturated heterocycles. The maximum atomic E-state index is 11.6. The largest absolute Gasteiger partial charge is 0.480 e. The average Bonchev–Trinajstić information content (AvgIpc) is 2.52. The van der Waals surface area contributed by atoms with Crippen molar-refractivity contribution in [3.63, 3.8) is 0 Å². The van der Waals surface area contributed by atoms with E-state index in [1.807, 2.05) is 0 Å². The Morgan fingerprint density at radius 3 is 2.38 bits per heavy atom. The summed E-state index contributed by atoms with van der Waals surface area (Å²) < 4.78 is 10.4.